The zero-order chi connectivity index (χ0) is 33.4. The number of oxime groups is 1. The van der Waals surface area contributed by atoms with Gasteiger partial charge in [0.1, 0.15) is 12.2 Å². The highest BCUT2D eigenvalue weighted by Gasteiger charge is 2.33. The minimum absolute atomic E-state index is 0.00623. The van der Waals surface area contributed by atoms with Gasteiger partial charge in [-0.25, -0.2) is 22.9 Å². The molecule has 45 heavy (non-hydrogen) atoms. The fourth-order valence-corrected chi connectivity index (χ4v) is 6.07. The Kier molecular flexibility index (Phi) is 10.1. The van der Waals surface area contributed by atoms with Crippen LogP contribution in [0.4, 0.5) is 0 Å². The SMILES string of the molecule is Cc1c(C(=O)c2c[nH]n(C)c2=O)ccc(S(C)(=O)=O)c1C1=NOCC1.O=C(O)c1nc(C(Cl)(Cl)Cl)n(-c2ccc(Cl)cc2Cl)n1. The lowest BCUT2D eigenvalue weighted by molar-refractivity contribution is 0.0683. The third-order valence-corrected chi connectivity index (χ3v) is 8.52. The van der Waals surface area contributed by atoms with Crippen LogP contribution in [0.25, 0.3) is 5.69 Å². The number of H-pyrrole nitrogens is 1. The molecular weight excluding hydrogens is 718 g/mol. The predicted octanol–water partition coefficient (Wildman–Crippen LogP) is 4.88. The van der Waals surface area contributed by atoms with Crippen LogP contribution >= 0.6 is 58.0 Å². The van der Waals surface area contributed by atoms with Gasteiger partial charge in [0.2, 0.25) is 3.79 Å². The number of sulfone groups is 1. The van der Waals surface area contributed by atoms with Crippen LogP contribution in [0.2, 0.25) is 10.0 Å². The number of carboxylic acid groups (broad SMARTS) is 1. The first-order valence-corrected chi connectivity index (χ1v) is 16.2. The lowest BCUT2D eigenvalue weighted by Crippen LogP contribution is -2.21. The molecule has 2 aromatic carbocycles. The van der Waals surface area contributed by atoms with Crippen molar-refractivity contribution >= 4 is 85.3 Å². The number of rotatable bonds is 6. The van der Waals surface area contributed by atoms with E-state index in [2.05, 4.69) is 20.3 Å². The molecule has 0 fully saturated rings. The maximum Gasteiger partial charge on any atom is 0.375 e. The van der Waals surface area contributed by atoms with Crippen LogP contribution in [0.3, 0.4) is 0 Å². The number of aryl methyl sites for hydroxylation is 1. The maximum absolute atomic E-state index is 12.8. The van der Waals surface area contributed by atoms with Gasteiger partial charge in [-0.2, -0.15) is 0 Å². The van der Waals surface area contributed by atoms with E-state index in [-0.39, 0.29) is 32.6 Å². The number of hydrogen-bond acceptors (Lipinski definition) is 9. The molecule has 2 aromatic heterocycles. The van der Waals surface area contributed by atoms with E-state index in [1.165, 1.54) is 48.3 Å². The van der Waals surface area contributed by atoms with Crippen molar-refractivity contribution in [3.63, 3.8) is 0 Å². The number of carbonyl (C=O) groups is 2. The molecule has 0 radical (unpaired) electrons. The standard InChI is InChI=1S/C16H17N3O5S.C10H4Cl5N3O2/c1-9-10(15(20)11-8-17-19(2)16(11)21)4-5-13(25(3,22)23)14(9)12-6-7-24-18-12;11-4-1-2-6(5(12)3-4)18-9(10(13,14)15)16-7(17-18)8(19)20/h4-5,8,17H,6-7H2,1-3H3;1-3H,(H,19,20). The molecule has 19 heteroatoms. The van der Waals surface area contributed by atoms with E-state index in [0.29, 0.717) is 34.9 Å². The van der Waals surface area contributed by atoms with Crippen LogP contribution in [-0.2, 0) is 25.5 Å². The van der Waals surface area contributed by atoms with Crippen LogP contribution in [0.5, 0.6) is 0 Å². The van der Waals surface area contributed by atoms with Crippen molar-refractivity contribution in [3.8, 4) is 5.69 Å². The monoisotopic (exact) mass is 736 g/mol. The van der Waals surface area contributed by atoms with Crippen LogP contribution in [0.15, 0.2) is 51.4 Å². The number of hydrogen-bond donors (Lipinski definition) is 2. The summed E-state index contributed by atoms with van der Waals surface area (Å²) in [6, 6.07) is 7.30. The largest absolute Gasteiger partial charge is 0.475 e. The van der Waals surface area contributed by atoms with E-state index in [1.54, 1.807) is 6.92 Å². The molecule has 0 bridgehead atoms. The van der Waals surface area contributed by atoms with E-state index >= 15 is 0 Å². The van der Waals surface area contributed by atoms with Gasteiger partial charge in [0.15, 0.2) is 21.4 Å². The van der Waals surface area contributed by atoms with Crippen molar-refractivity contribution in [2.24, 2.45) is 12.2 Å². The highest BCUT2D eigenvalue weighted by molar-refractivity contribution is 7.90. The van der Waals surface area contributed by atoms with Gasteiger partial charge in [-0.1, -0.05) is 63.2 Å². The Morgan fingerprint density at radius 3 is 2.31 bits per heavy atom. The van der Waals surface area contributed by atoms with Gasteiger partial charge in [-0.15, -0.1) is 5.10 Å². The van der Waals surface area contributed by atoms with Gasteiger partial charge in [0.25, 0.3) is 11.4 Å². The summed E-state index contributed by atoms with van der Waals surface area (Å²) >= 11 is 29.1. The third kappa shape index (κ3) is 7.37. The quantitative estimate of drug-likeness (QED) is 0.206. The Morgan fingerprint density at radius 2 is 1.80 bits per heavy atom. The first-order chi connectivity index (χ1) is 20.9. The summed E-state index contributed by atoms with van der Waals surface area (Å²) in [6.07, 6.45) is 2.89. The fourth-order valence-electron chi connectivity index (χ4n) is 4.26. The second-order valence-electron chi connectivity index (χ2n) is 9.45. The first kappa shape index (κ1) is 34.5. The number of carbonyl (C=O) groups excluding carboxylic acids is 1. The molecular formula is C26H21Cl5N6O7S. The van der Waals surface area contributed by atoms with Crippen molar-refractivity contribution in [1.29, 1.82) is 0 Å². The molecule has 0 saturated carbocycles. The van der Waals surface area contributed by atoms with Gasteiger partial charge < -0.3 is 15.0 Å². The Bertz CT molecular complexity index is 2030. The molecule has 0 unspecified atom stereocenters. The van der Waals surface area contributed by atoms with Crippen LogP contribution in [0.1, 0.15) is 49.9 Å². The Labute approximate surface area is 280 Å². The number of aromatic nitrogens is 5. The molecule has 0 saturated heterocycles. The van der Waals surface area contributed by atoms with E-state index in [9.17, 15) is 22.8 Å². The van der Waals surface area contributed by atoms with E-state index in [0.717, 1.165) is 10.9 Å². The Morgan fingerprint density at radius 1 is 1.11 bits per heavy atom. The van der Waals surface area contributed by atoms with E-state index < -0.39 is 36.8 Å². The number of ketones is 1. The molecule has 1 aliphatic heterocycles. The summed E-state index contributed by atoms with van der Waals surface area (Å²) < 4.78 is 24.5. The molecule has 5 rings (SSSR count). The van der Waals surface area contributed by atoms with Gasteiger partial charge in [-0.05, 0) is 42.8 Å². The topological polar surface area (TPSA) is 179 Å². The molecule has 0 aliphatic carbocycles. The average Bonchev–Trinajstić information content (AvgIpc) is 3.69. The predicted molar refractivity (Wildman–Crippen MR) is 168 cm³/mol. The number of alkyl halides is 3. The summed E-state index contributed by atoms with van der Waals surface area (Å²) in [5.74, 6) is -2.54. The lowest BCUT2D eigenvalue weighted by atomic mass is 9.93. The number of halogens is 5. The summed E-state index contributed by atoms with van der Waals surface area (Å²) in [5, 5.41) is 19.8. The van der Waals surface area contributed by atoms with E-state index in [4.69, 9.17) is 67.9 Å². The minimum atomic E-state index is -3.52. The molecule has 2 N–H and O–H groups in total. The molecule has 0 amide bonds. The fraction of sp³-hybridized carbons (Fsp3) is 0.231. The van der Waals surface area contributed by atoms with Crippen molar-refractivity contribution in [2.75, 3.05) is 12.9 Å². The molecule has 1 aliphatic rings. The minimum Gasteiger partial charge on any atom is -0.475 e. The van der Waals surface area contributed by atoms with Gasteiger partial charge in [-0.3, -0.25) is 14.3 Å². The highest BCUT2D eigenvalue weighted by Crippen LogP contribution is 2.39. The van der Waals surface area contributed by atoms with Crippen LogP contribution < -0.4 is 5.56 Å². The zero-order valence-electron chi connectivity index (χ0n) is 23.3. The molecule has 238 valence electrons. The van der Waals surface area contributed by atoms with Crippen LogP contribution in [-0.4, -0.2) is 68.4 Å². The smallest absolute Gasteiger partial charge is 0.375 e. The number of carboxylic acids is 1. The normalized spacial score (nSPS) is 13.1. The average molecular weight is 739 g/mol. The first-order valence-electron chi connectivity index (χ1n) is 12.5. The van der Waals surface area contributed by atoms with Crippen molar-refractivity contribution in [3.05, 3.63) is 90.8 Å². The second kappa shape index (κ2) is 13.1. The maximum atomic E-state index is 12.8. The van der Waals surface area contributed by atoms with Crippen molar-refractivity contribution < 1.29 is 28.0 Å². The number of aromatic amines is 1. The molecule has 3 heterocycles. The van der Waals surface area contributed by atoms with Crippen molar-refractivity contribution in [1.82, 2.24) is 24.5 Å². The summed E-state index contributed by atoms with van der Waals surface area (Å²) in [5.41, 5.74) is 1.41. The summed E-state index contributed by atoms with van der Waals surface area (Å²) in [7, 11) is -2.02. The molecule has 13 nitrogen and oxygen atoms in total. The Hall–Kier alpha value is -3.40. The summed E-state index contributed by atoms with van der Waals surface area (Å²) in [6.45, 7) is 2.00. The number of nitrogens with zero attached hydrogens (tertiary/aromatic N) is 5. The highest BCUT2D eigenvalue weighted by atomic mass is 35.6. The van der Waals surface area contributed by atoms with E-state index in [1.807, 2.05) is 0 Å². The van der Waals surface area contributed by atoms with Crippen LogP contribution in [0, 0.1) is 6.92 Å². The van der Waals surface area contributed by atoms with Crippen molar-refractivity contribution in [2.45, 2.75) is 22.0 Å². The Balaban J connectivity index is 0.000000210. The molecule has 0 atom stereocenters. The number of nitrogens with one attached hydrogen (secondary N) is 1. The lowest BCUT2D eigenvalue weighted by Gasteiger charge is -2.13. The molecule has 4 aromatic rings. The van der Waals surface area contributed by atoms with Gasteiger partial charge >= 0.3 is 5.97 Å². The number of benzene rings is 2. The molecule has 0 spiro atoms. The van der Waals surface area contributed by atoms with Gasteiger partial charge in [0, 0.05) is 42.1 Å². The zero-order valence-corrected chi connectivity index (χ0v) is 27.9. The van der Waals surface area contributed by atoms with Gasteiger partial charge in [0.05, 0.1) is 21.3 Å². The summed E-state index contributed by atoms with van der Waals surface area (Å²) in [4.78, 5) is 44.5. The second-order valence-corrected chi connectivity index (χ2v) is 14.6. The third-order valence-electron chi connectivity index (χ3n) is 6.34. The number of aromatic carboxylic acids is 1.